The molecule has 0 radical (unpaired) electrons. The molecule has 0 spiro atoms. The molecule has 3 nitrogen and oxygen atoms in total. The van der Waals surface area contributed by atoms with Crippen molar-refractivity contribution >= 4 is 17.6 Å². The third-order valence-electron chi connectivity index (χ3n) is 3.24. The number of hydrogen-bond acceptors (Lipinski definition) is 3. The van der Waals surface area contributed by atoms with Crippen molar-refractivity contribution in [3.8, 4) is 5.75 Å². The summed E-state index contributed by atoms with van der Waals surface area (Å²) in [5.41, 5.74) is 0.909. The van der Waals surface area contributed by atoms with E-state index in [-0.39, 0.29) is 12.6 Å². The lowest BCUT2D eigenvalue weighted by molar-refractivity contribution is -0.146. The molecule has 0 fully saturated rings. The Balaban J connectivity index is 2.11. The topological polar surface area (TPSA) is 35.5 Å². The maximum absolute atomic E-state index is 11.6. The number of carbonyl (C=O) groups is 1. The standard InChI is InChI=1S/C17H25ClO3/c1-3-4-5-6-7-8-11-20-17(19)13-21-16-10-9-15(18)12-14(16)2/h9-10,12H,3-8,11,13H2,1-2H3. The Morgan fingerprint density at radius 1 is 1.14 bits per heavy atom. The third kappa shape index (κ3) is 7.96. The van der Waals surface area contributed by atoms with Crippen molar-refractivity contribution in [2.75, 3.05) is 13.2 Å². The second kappa shape index (κ2) is 10.5. The maximum atomic E-state index is 11.6. The number of aryl methyl sites for hydroxylation is 1. The second-order valence-electron chi connectivity index (χ2n) is 5.19. The van der Waals surface area contributed by atoms with Crippen LogP contribution in [0.3, 0.4) is 0 Å². The SMILES string of the molecule is CCCCCCCCOC(=O)COc1ccc(Cl)cc1C. The molecule has 0 unspecified atom stereocenters. The van der Waals surface area contributed by atoms with Gasteiger partial charge in [0.1, 0.15) is 5.75 Å². The van der Waals surface area contributed by atoms with Crippen molar-refractivity contribution in [1.82, 2.24) is 0 Å². The Labute approximate surface area is 132 Å². The zero-order chi connectivity index (χ0) is 15.5. The van der Waals surface area contributed by atoms with E-state index in [1.54, 1.807) is 18.2 Å². The molecule has 1 aromatic carbocycles. The molecule has 0 aliphatic heterocycles. The van der Waals surface area contributed by atoms with Crippen molar-refractivity contribution in [2.24, 2.45) is 0 Å². The number of esters is 1. The lowest BCUT2D eigenvalue weighted by Gasteiger charge is -2.09. The van der Waals surface area contributed by atoms with Gasteiger partial charge in [-0.05, 0) is 37.1 Å². The Hall–Kier alpha value is -1.22. The molecular formula is C17H25ClO3. The summed E-state index contributed by atoms with van der Waals surface area (Å²) in [6, 6.07) is 5.31. The zero-order valence-electron chi connectivity index (χ0n) is 13.0. The molecule has 0 amide bonds. The van der Waals surface area contributed by atoms with E-state index < -0.39 is 0 Å². The molecule has 0 aliphatic rings. The minimum Gasteiger partial charge on any atom is -0.482 e. The van der Waals surface area contributed by atoms with Crippen molar-refractivity contribution in [2.45, 2.75) is 52.4 Å². The number of carbonyl (C=O) groups excluding carboxylic acids is 1. The lowest BCUT2D eigenvalue weighted by atomic mass is 10.1. The first kappa shape index (κ1) is 17.8. The molecule has 0 aliphatic carbocycles. The average molecular weight is 313 g/mol. The summed E-state index contributed by atoms with van der Waals surface area (Å²) in [5.74, 6) is 0.342. The fourth-order valence-electron chi connectivity index (χ4n) is 2.02. The van der Waals surface area contributed by atoms with Crippen LogP contribution < -0.4 is 4.74 Å². The average Bonchev–Trinajstić information content (AvgIpc) is 2.45. The number of unbranched alkanes of at least 4 members (excludes halogenated alkanes) is 5. The molecule has 21 heavy (non-hydrogen) atoms. The second-order valence-corrected chi connectivity index (χ2v) is 5.62. The van der Waals surface area contributed by atoms with Gasteiger partial charge in [-0.15, -0.1) is 0 Å². The molecule has 0 bridgehead atoms. The van der Waals surface area contributed by atoms with Crippen LogP contribution in [0.15, 0.2) is 18.2 Å². The molecule has 118 valence electrons. The molecule has 0 saturated heterocycles. The van der Waals surface area contributed by atoms with Crippen LogP contribution in [0, 0.1) is 6.92 Å². The minimum atomic E-state index is -0.321. The van der Waals surface area contributed by atoms with E-state index in [1.807, 2.05) is 6.92 Å². The number of ether oxygens (including phenoxy) is 2. The number of hydrogen-bond donors (Lipinski definition) is 0. The van der Waals surface area contributed by atoms with Crippen LogP contribution in [-0.4, -0.2) is 19.2 Å². The van der Waals surface area contributed by atoms with Crippen LogP contribution >= 0.6 is 11.6 Å². The first-order valence-corrected chi connectivity index (χ1v) is 8.06. The van der Waals surface area contributed by atoms with Crippen LogP contribution in [0.5, 0.6) is 5.75 Å². The van der Waals surface area contributed by atoms with Gasteiger partial charge in [0.05, 0.1) is 6.61 Å². The van der Waals surface area contributed by atoms with E-state index in [0.717, 1.165) is 18.4 Å². The normalized spacial score (nSPS) is 10.4. The van der Waals surface area contributed by atoms with E-state index in [2.05, 4.69) is 6.92 Å². The highest BCUT2D eigenvalue weighted by Crippen LogP contribution is 2.21. The smallest absolute Gasteiger partial charge is 0.344 e. The number of rotatable bonds is 10. The van der Waals surface area contributed by atoms with E-state index in [0.29, 0.717) is 17.4 Å². The minimum absolute atomic E-state index is 0.0572. The van der Waals surface area contributed by atoms with Gasteiger partial charge in [0, 0.05) is 5.02 Å². The molecule has 1 rings (SSSR count). The Kier molecular flexibility index (Phi) is 8.91. The molecule has 4 heteroatoms. The molecular weight excluding hydrogens is 288 g/mol. The predicted molar refractivity (Wildman–Crippen MR) is 86.0 cm³/mol. The number of benzene rings is 1. The largest absolute Gasteiger partial charge is 0.482 e. The highest BCUT2D eigenvalue weighted by atomic mass is 35.5. The third-order valence-corrected chi connectivity index (χ3v) is 3.48. The van der Waals surface area contributed by atoms with Gasteiger partial charge in [0.15, 0.2) is 6.61 Å². The van der Waals surface area contributed by atoms with Gasteiger partial charge in [-0.2, -0.15) is 0 Å². The van der Waals surface area contributed by atoms with E-state index in [4.69, 9.17) is 21.1 Å². The van der Waals surface area contributed by atoms with E-state index in [1.165, 1.54) is 25.7 Å². The summed E-state index contributed by atoms with van der Waals surface area (Å²) in [5, 5.41) is 0.658. The van der Waals surface area contributed by atoms with Gasteiger partial charge in [-0.25, -0.2) is 4.79 Å². The monoisotopic (exact) mass is 312 g/mol. The Morgan fingerprint density at radius 3 is 2.57 bits per heavy atom. The van der Waals surface area contributed by atoms with E-state index in [9.17, 15) is 4.79 Å². The first-order valence-electron chi connectivity index (χ1n) is 7.68. The summed E-state index contributed by atoms with van der Waals surface area (Å²) in [6.07, 6.45) is 7.06. The summed E-state index contributed by atoms with van der Waals surface area (Å²) in [7, 11) is 0. The molecule has 0 saturated carbocycles. The van der Waals surface area contributed by atoms with Crippen LogP contribution in [0.2, 0.25) is 5.02 Å². The molecule has 0 heterocycles. The summed E-state index contributed by atoms with van der Waals surface area (Å²) < 4.78 is 10.6. The quantitative estimate of drug-likeness (QED) is 0.454. The zero-order valence-corrected chi connectivity index (χ0v) is 13.7. The van der Waals surface area contributed by atoms with Gasteiger partial charge in [0.25, 0.3) is 0 Å². The molecule has 0 aromatic heterocycles. The van der Waals surface area contributed by atoms with E-state index >= 15 is 0 Å². The van der Waals surface area contributed by atoms with Crippen LogP contribution in [-0.2, 0) is 9.53 Å². The number of halogens is 1. The van der Waals surface area contributed by atoms with Crippen LogP contribution in [0.4, 0.5) is 0 Å². The van der Waals surface area contributed by atoms with Crippen molar-refractivity contribution in [1.29, 1.82) is 0 Å². The fourth-order valence-corrected chi connectivity index (χ4v) is 2.25. The van der Waals surface area contributed by atoms with Crippen LogP contribution in [0.1, 0.15) is 51.0 Å². The summed E-state index contributed by atoms with van der Waals surface area (Å²) in [6.45, 7) is 4.51. The van der Waals surface area contributed by atoms with Gasteiger partial charge in [-0.3, -0.25) is 0 Å². The summed E-state index contributed by atoms with van der Waals surface area (Å²) >= 11 is 5.86. The fraction of sp³-hybridized carbons (Fsp3) is 0.588. The highest BCUT2D eigenvalue weighted by molar-refractivity contribution is 6.30. The van der Waals surface area contributed by atoms with Gasteiger partial charge in [0.2, 0.25) is 0 Å². The van der Waals surface area contributed by atoms with Gasteiger partial charge >= 0.3 is 5.97 Å². The summed E-state index contributed by atoms with van der Waals surface area (Å²) in [4.78, 5) is 11.6. The van der Waals surface area contributed by atoms with Crippen molar-refractivity contribution in [3.63, 3.8) is 0 Å². The van der Waals surface area contributed by atoms with Crippen molar-refractivity contribution in [3.05, 3.63) is 28.8 Å². The highest BCUT2D eigenvalue weighted by Gasteiger charge is 2.06. The first-order chi connectivity index (χ1) is 10.1. The molecule has 1 aromatic rings. The lowest BCUT2D eigenvalue weighted by Crippen LogP contribution is -2.15. The predicted octanol–water partition coefficient (Wildman–Crippen LogP) is 4.93. The van der Waals surface area contributed by atoms with Gasteiger partial charge < -0.3 is 9.47 Å². The Bertz CT molecular complexity index is 432. The maximum Gasteiger partial charge on any atom is 0.344 e. The molecule has 0 atom stereocenters. The van der Waals surface area contributed by atoms with Crippen molar-refractivity contribution < 1.29 is 14.3 Å². The van der Waals surface area contributed by atoms with Crippen LogP contribution in [0.25, 0.3) is 0 Å². The van der Waals surface area contributed by atoms with Gasteiger partial charge in [-0.1, -0.05) is 50.6 Å². The Morgan fingerprint density at radius 2 is 1.86 bits per heavy atom. The molecule has 0 N–H and O–H groups in total.